The molecule has 4 N–H and O–H groups in total. The lowest BCUT2D eigenvalue weighted by atomic mass is 9.97. The number of para-hydroxylation sites is 1. The first-order valence-corrected chi connectivity index (χ1v) is 6.85. The maximum absolute atomic E-state index is 12.1. The third-order valence-corrected chi connectivity index (χ3v) is 3.27. The van der Waals surface area contributed by atoms with Gasteiger partial charge in [-0.15, -0.1) is 0 Å². The normalized spacial score (nSPS) is 12.1. The fraction of sp³-hybridized carbons (Fsp3) is 0.467. The van der Waals surface area contributed by atoms with Crippen molar-refractivity contribution in [1.82, 2.24) is 5.32 Å². The SMILES string of the molecule is CC(C)C(C)C(=O)Nc1ccccc1C(=O)NCCN. The van der Waals surface area contributed by atoms with Gasteiger partial charge in [0, 0.05) is 19.0 Å². The molecule has 0 bridgehead atoms. The van der Waals surface area contributed by atoms with E-state index in [9.17, 15) is 9.59 Å². The molecule has 5 heteroatoms. The third-order valence-electron chi connectivity index (χ3n) is 3.27. The highest BCUT2D eigenvalue weighted by Crippen LogP contribution is 2.18. The Bertz CT molecular complexity index is 472. The highest BCUT2D eigenvalue weighted by atomic mass is 16.2. The molecule has 0 saturated heterocycles. The summed E-state index contributed by atoms with van der Waals surface area (Å²) in [6.07, 6.45) is 0. The van der Waals surface area contributed by atoms with Crippen LogP contribution < -0.4 is 16.4 Å². The molecule has 1 atom stereocenters. The van der Waals surface area contributed by atoms with Crippen LogP contribution in [0.5, 0.6) is 0 Å². The lowest BCUT2D eigenvalue weighted by Gasteiger charge is -2.17. The minimum Gasteiger partial charge on any atom is -0.351 e. The molecule has 0 aromatic heterocycles. The minimum absolute atomic E-state index is 0.0842. The molecule has 1 unspecified atom stereocenters. The van der Waals surface area contributed by atoms with E-state index in [4.69, 9.17) is 5.73 Å². The molecular weight excluding hydrogens is 254 g/mol. The molecule has 0 aliphatic heterocycles. The molecule has 5 nitrogen and oxygen atoms in total. The van der Waals surface area contributed by atoms with Gasteiger partial charge in [-0.05, 0) is 18.1 Å². The van der Waals surface area contributed by atoms with Crippen LogP contribution in [0.15, 0.2) is 24.3 Å². The highest BCUT2D eigenvalue weighted by Gasteiger charge is 2.19. The Morgan fingerprint density at radius 2 is 1.85 bits per heavy atom. The number of anilines is 1. The molecule has 1 rings (SSSR count). The summed E-state index contributed by atoms with van der Waals surface area (Å²) in [6.45, 7) is 6.64. The zero-order chi connectivity index (χ0) is 15.1. The van der Waals surface area contributed by atoms with Gasteiger partial charge in [0.1, 0.15) is 0 Å². The van der Waals surface area contributed by atoms with E-state index < -0.39 is 0 Å². The van der Waals surface area contributed by atoms with Crippen LogP contribution in [0.3, 0.4) is 0 Å². The fourth-order valence-corrected chi connectivity index (χ4v) is 1.62. The first-order valence-electron chi connectivity index (χ1n) is 6.85. The average molecular weight is 277 g/mol. The third kappa shape index (κ3) is 4.35. The highest BCUT2D eigenvalue weighted by molar-refractivity contribution is 6.04. The predicted octanol–water partition coefficient (Wildman–Crippen LogP) is 1.61. The smallest absolute Gasteiger partial charge is 0.253 e. The lowest BCUT2D eigenvalue weighted by Crippen LogP contribution is -2.31. The number of carbonyl (C=O) groups excluding carboxylic acids is 2. The lowest BCUT2D eigenvalue weighted by molar-refractivity contribution is -0.120. The number of nitrogens with one attached hydrogen (secondary N) is 2. The van der Waals surface area contributed by atoms with Gasteiger partial charge in [-0.1, -0.05) is 32.9 Å². The molecule has 0 aliphatic carbocycles. The van der Waals surface area contributed by atoms with Gasteiger partial charge in [0.2, 0.25) is 5.91 Å². The zero-order valence-corrected chi connectivity index (χ0v) is 12.3. The van der Waals surface area contributed by atoms with Gasteiger partial charge >= 0.3 is 0 Å². The monoisotopic (exact) mass is 277 g/mol. The van der Waals surface area contributed by atoms with Crippen molar-refractivity contribution in [3.8, 4) is 0 Å². The second kappa shape index (κ2) is 7.65. The second-order valence-corrected chi connectivity index (χ2v) is 5.11. The van der Waals surface area contributed by atoms with Crippen molar-refractivity contribution in [1.29, 1.82) is 0 Å². The Hall–Kier alpha value is -1.88. The number of hydrogen-bond acceptors (Lipinski definition) is 3. The molecule has 1 aromatic rings. The van der Waals surface area contributed by atoms with Crippen LogP contribution in [0.2, 0.25) is 0 Å². The van der Waals surface area contributed by atoms with Gasteiger partial charge in [0.05, 0.1) is 11.3 Å². The maximum atomic E-state index is 12.1. The zero-order valence-electron chi connectivity index (χ0n) is 12.3. The van der Waals surface area contributed by atoms with Gasteiger partial charge < -0.3 is 16.4 Å². The van der Waals surface area contributed by atoms with Crippen molar-refractivity contribution in [2.75, 3.05) is 18.4 Å². The van der Waals surface area contributed by atoms with E-state index >= 15 is 0 Å². The molecule has 0 spiro atoms. The van der Waals surface area contributed by atoms with Crippen LogP contribution in [-0.4, -0.2) is 24.9 Å². The molecule has 2 amide bonds. The summed E-state index contributed by atoms with van der Waals surface area (Å²) in [5.41, 5.74) is 6.34. The van der Waals surface area contributed by atoms with Gasteiger partial charge in [-0.2, -0.15) is 0 Å². The summed E-state index contributed by atoms with van der Waals surface area (Å²) in [5, 5.41) is 5.52. The van der Waals surface area contributed by atoms with Crippen LogP contribution in [0, 0.1) is 11.8 Å². The van der Waals surface area contributed by atoms with Crippen molar-refractivity contribution in [2.24, 2.45) is 17.6 Å². The van der Waals surface area contributed by atoms with E-state index in [1.54, 1.807) is 24.3 Å². The van der Waals surface area contributed by atoms with Crippen LogP contribution in [0.25, 0.3) is 0 Å². The van der Waals surface area contributed by atoms with Crippen molar-refractivity contribution >= 4 is 17.5 Å². The molecular formula is C15H23N3O2. The van der Waals surface area contributed by atoms with E-state index in [1.165, 1.54) is 0 Å². The van der Waals surface area contributed by atoms with Gasteiger partial charge in [0.15, 0.2) is 0 Å². The number of rotatable bonds is 6. The number of benzene rings is 1. The molecule has 0 fully saturated rings. The summed E-state index contributed by atoms with van der Waals surface area (Å²) < 4.78 is 0. The summed E-state index contributed by atoms with van der Waals surface area (Å²) in [7, 11) is 0. The van der Waals surface area contributed by atoms with Crippen molar-refractivity contribution in [2.45, 2.75) is 20.8 Å². The second-order valence-electron chi connectivity index (χ2n) is 5.11. The molecule has 0 aliphatic rings. The standard InChI is InChI=1S/C15H23N3O2/c1-10(2)11(3)14(19)18-13-7-5-4-6-12(13)15(20)17-9-8-16/h4-7,10-11H,8-9,16H2,1-3H3,(H,17,20)(H,18,19). The van der Waals surface area contributed by atoms with Crippen LogP contribution in [0.1, 0.15) is 31.1 Å². The van der Waals surface area contributed by atoms with Crippen LogP contribution >= 0.6 is 0 Å². The van der Waals surface area contributed by atoms with Crippen LogP contribution in [0.4, 0.5) is 5.69 Å². The molecule has 110 valence electrons. The maximum Gasteiger partial charge on any atom is 0.253 e. The topological polar surface area (TPSA) is 84.2 Å². The van der Waals surface area contributed by atoms with Gasteiger partial charge in [0.25, 0.3) is 5.91 Å². The summed E-state index contributed by atoms with van der Waals surface area (Å²) >= 11 is 0. The largest absolute Gasteiger partial charge is 0.351 e. The number of hydrogen-bond donors (Lipinski definition) is 3. The molecule has 0 radical (unpaired) electrons. The van der Waals surface area contributed by atoms with Crippen molar-refractivity contribution in [3.05, 3.63) is 29.8 Å². The fourth-order valence-electron chi connectivity index (χ4n) is 1.62. The number of nitrogens with two attached hydrogens (primary N) is 1. The number of amides is 2. The molecule has 20 heavy (non-hydrogen) atoms. The number of carbonyl (C=O) groups is 2. The van der Waals surface area contributed by atoms with E-state index in [2.05, 4.69) is 10.6 Å². The van der Waals surface area contributed by atoms with E-state index in [1.807, 2.05) is 20.8 Å². The quantitative estimate of drug-likeness (QED) is 0.738. The van der Waals surface area contributed by atoms with Gasteiger partial charge in [-0.25, -0.2) is 0 Å². The van der Waals surface area contributed by atoms with Crippen molar-refractivity contribution in [3.63, 3.8) is 0 Å². The molecule has 0 heterocycles. The Labute approximate surface area is 119 Å². The summed E-state index contributed by atoms with van der Waals surface area (Å²) in [6, 6.07) is 6.96. The Morgan fingerprint density at radius 3 is 2.45 bits per heavy atom. The van der Waals surface area contributed by atoms with Crippen LogP contribution in [-0.2, 0) is 4.79 Å². The van der Waals surface area contributed by atoms with E-state index in [0.29, 0.717) is 24.3 Å². The first-order chi connectivity index (χ1) is 9.47. The van der Waals surface area contributed by atoms with E-state index in [-0.39, 0.29) is 23.7 Å². The van der Waals surface area contributed by atoms with E-state index in [0.717, 1.165) is 0 Å². The molecule has 0 saturated carbocycles. The Morgan fingerprint density at radius 1 is 1.20 bits per heavy atom. The van der Waals surface area contributed by atoms with Gasteiger partial charge in [-0.3, -0.25) is 9.59 Å². The molecule has 1 aromatic carbocycles. The Kier molecular flexibility index (Phi) is 6.18. The Balaban J connectivity index is 2.85. The van der Waals surface area contributed by atoms with Crippen molar-refractivity contribution < 1.29 is 9.59 Å². The summed E-state index contributed by atoms with van der Waals surface area (Å²) in [4.78, 5) is 24.1. The predicted molar refractivity (Wildman–Crippen MR) is 80.5 cm³/mol. The first kappa shape index (κ1) is 16.2. The average Bonchev–Trinajstić information content (AvgIpc) is 2.44. The summed E-state index contributed by atoms with van der Waals surface area (Å²) in [5.74, 6) is -0.189. The minimum atomic E-state index is -0.233.